The molecule has 1 aromatic carbocycles. The molecule has 0 radical (unpaired) electrons. The van der Waals surface area contributed by atoms with Gasteiger partial charge in [0.2, 0.25) is 0 Å². The lowest BCUT2D eigenvalue weighted by Crippen LogP contribution is -2.04. The highest BCUT2D eigenvalue weighted by Crippen LogP contribution is 2.41. The van der Waals surface area contributed by atoms with Gasteiger partial charge in [-0.15, -0.1) is 0 Å². The Morgan fingerprint density at radius 3 is 2.42 bits per heavy atom. The minimum absolute atomic E-state index is 0.256. The quantitative estimate of drug-likeness (QED) is 0.916. The summed E-state index contributed by atoms with van der Waals surface area (Å²) in [6, 6.07) is 9.30. The summed E-state index contributed by atoms with van der Waals surface area (Å²) in [4.78, 5) is 15.6. The molecule has 19 heavy (non-hydrogen) atoms. The van der Waals surface area contributed by atoms with Crippen LogP contribution in [0.1, 0.15) is 34.8 Å². The van der Waals surface area contributed by atoms with E-state index in [-0.39, 0.29) is 17.3 Å². The highest BCUT2D eigenvalue weighted by Gasteiger charge is 2.30. The summed E-state index contributed by atoms with van der Waals surface area (Å²) in [5.74, 6) is -0.986. The number of aromatic carboxylic acids is 1. The van der Waals surface area contributed by atoms with Crippen LogP contribution in [-0.2, 0) is 0 Å². The number of halogens is 1. The third-order valence-corrected chi connectivity index (χ3v) is 3.26. The number of nitrogens with zero attached hydrogens (tertiary/aromatic N) is 1. The molecular weight excluding hydrogens is 245 g/mol. The van der Waals surface area contributed by atoms with Crippen molar-refractivity contribution >= 4 is 5.97 Å². The van der Waals surface area contributed by atoms with Crippen molar-refractivity contribution in [3.8, 4) is 11.3 Å². The molecule has 1 fully saturated rings. The first-order chi connectivity index (χ1) is 9.15. The van der Waals surface area contributed by atoms with Crippen LogP contribution >= 0.6 is 0 Å². The smallest absolute Gasteiger partial charge is 0.337 e. The largest absolute Gasteiger partial charge is 0.478 e. The van der Waals surface area contributed by atoms with Gasteiger partial charge in [-0.05, 0) is 49.2 Å². The predicted molar refractivity (Wildman–Crippen MR) is 68.6 cm³/mol. The molecular formula is C15H12FNO2. The number of aromatic nitrogens is 1. The van der Waals surface area contributed by atoms with E-state index in [4.69, 9.17) is 5.11 Å². The number of carboxylic acid groups (broad SMARTS) is 1. The van der Waals surface area contributed by atoms with Gasteiger partial charge in [-0.3, -0.25) is 4.98 Å². The summed E-state index contributed by atoms with van der Waals surface area (Å²) in [6.07, 6.45) is 1.97. The lowest BCUT2D eigenvalue weighted by Gasteiger charge is -2.07. The average molecular weight is 257 g/mol. The van der Waals surface area contributed by atoms with E-state index in [1.807, 2.05) is 0 Å². The Labute approximate surface area is 109 Å². The molecule has 0 aliphatic heterocycles. The topological polar surface area (TPSA) is 50.2 Å². The van der Waals surface area contributed by atoms with Crippen LogP contribution in [-0.4, -0.2) is 16.1 Å². The van der Waals surface area contributed by atoms with Gasteiger partial charge in [0.05, 0.1) is 17.0 Å². The van der Waals surface area contributed by atoms with E-state index >= 15 is 0 Å². The van der Waals surface area contributed by atoms with Crippen molar-refractivity contribution in [3.63, 3.8) is 0 Å². The summed E-state index contributed by atoms with van der Waals surface area (Å²) < 4.78 is 12.9. The summed E-state index contributed by atoms with van der Waals surface area (Å²) in [5, 5.41) is 9.15. The Bertz CT molecular complexity index is 633. The first kappa shape index (κ1) is 11.8. The maximum Gasteiger partial charge on any atom is 0.337 e. The Morgan fingerprint density at radius 2 is 1.84 bits per heavy atom. The van der Waals surface area contributed by atoms with Crippen molar-refractivity contribution in [2.24, 2.45) is 0 Å². The van der Waals surface area contributed by atoms with Crippen molar-refractivity contribution in [1.29, 1.82) is 0 Å². The van der Waals surface area contributed by atoms with Gasteiger partial charge in [-0.2, -0.15) is 0 Å². The Morgan fingerprint density at radius 1 is 1.16 bits per heavy atom. The number of benzene rings is 1. The van der Waals surface area contributed by atoms with E-state index in [2.05, 4.69) is 4.98 Å². The molecule has 0 bridgehead atoms. The molecule has 1 N–H and O–H groups in total. The molecule has 1 aromatic heterocycles. The molecule has 1 aliphatic rings. The molecule has 96 valence electrons. The molecule has 0 atom stereocenters. The SMILES string of the molecule is O=C(O)c1ccc(-c2ccc(F)cc2)nc1C1CC1. The summed E-state index contributed by atoms with van der Waals surface area (Å²) in [6.45, 7) is 0. The van der Waals surface area contributed by atoms with Crippen LogP contribution in [0.4, 0.5) is 4.39 Å². The van der Waals surface area contributed by atoms with Crippen LogP contribution in [0.3, 0.4) is 0 Å². The first-order valence-corrected chi connectivity index (χ1v) is 6.15. The van der Waals surface area contributed by atoms with E-state index in [0.717, 1.165) is 18.4 Å². The number of pyridine rings is 1. The molecule has 0 spiro atoms. The minimum Gasteiger partial charge on any atom is -0.478 e. The van der Waals surface area contributed by atoms with E-state index in [1.165, 1.54) is 12.1 Å². The number of carbonyl (C=O) groups is 1. The molecule has 3 rings (SSSR count). The third-order valence-electron chi connectivity index (χ3n) is 3.26. The maximum atomic E-state index is 12.9. The fourth-order valence-electron chi connectivity index (χ4n) is 2.11. The van der Waals surface area contributed by atoms with Gasteiger partial charge >= 0.3 is 5.97 Å². The van der Waals surface area contributed by atoms with Gasteiger partial charge in [0.15, 0.2) is 0 Å². The Kier molecular flexibility index (Phi) is 2.78. The lowest BCUT2D eigenvalue weighted by molar-refractivity contribution is 0.0695. The Hall–Kier alpha value is -2.23. The van der Waals surface area contributed by atoms with Gasteiger partial charge in [0, 0.05) is 11.5 Å². The second-order valence-electron chi connectivity index (χ2n) is 4.72. The molecule has 1 aliphatic carbocycles. The van der Waals surface area contributed by atoms with Crippen molar-refractivity contribution in [2.45, 2.75) is 18.8 Å². The van der Waals surface area contributed by atoms with Crippen LogP contribution < -0.4 is 0 Å². The molecule has 0 saturated heterocycles. The maximum absolute atomic E-state index is 12.9. The second kappa shape index (κ2) is 4.46. The van der Waals surface area contributed by atoms with E-state index < -0.39 is 5.97 Å². The highest BCUT2D eigenvalue weighted by molar-refractivity contribution is 5.89. The van der Waals surface area contributed by atoms with Gasteiger partial charge in [-0.25, -0.2) is 9.18 Å². The van der Waals surface area contributed by atoms with Crippen LogP contribution in [0.25, 0.3) is 11.3 Å². The van der Waals surface area contributed by atoms with E-state index in [1.54, 1.807) is 24.3 Å². The number of rotatable bonds is 3. The number of hydrogen-bond donors (Lipinski definition) is 1. The van der Waals surface area contributed by atoms with Gasteiger partial charge in [-0.1, -0.05) is 0 Å². The highest BCUT2D eigenvalue weighted by atomic mass is 19.1. The van der Waals surface area contributed by atoms with E-state index in [0.29, 0.717) is 11.4 Å². The first-order valence-electron chi connectivity index (χ1n) is 6.15. The monoisotopic (exact) mass is 257 g/mol. The standard InChI is InChI=1S/C15H12FNO2/c16-11-5-3-9(4-6-11)13-8-7-12(15(18)19)14(17-13)10-1-2-10/h3-8,10H,1-2H2,(H,18,19). The third kappa shape index (κ3) is 2.34. The van der Waals surface area contributed by atoms with Gasteiger partial charge in [0.25, 0.3) is 0 Å². The lowest BCUT2D eigenvalue weighted by atomic mass is 10.1. The van der Waals surface area contributed by atoms with Crippen LogP contribution in [0.15, 0.2) is 36.4 Å². The zero-order valence-corrected chi connectivity index (χ0v) is 10.1. The molecule has 1 saturated carbocycles. The molecule has 4 heteroatoms. The fourth-order valence-corrected chi connectivity index (χ4v) is 2.11. The molecule has 0 unspecified atom stereocenters. The van der Waals surface area contributed by atoms with Crippen LogP contribution in [0.5, 0.6) is 0 Å². The Balaban J connectivity index is 2.05. The molecule has 1 heterocycles. The number of carboxylic acids is 1. The minimum atomic E-state index is -0.944. The van der Waals surface area contributed by atoms with Crippen molar-refractivity contribution in [1.82, 2.24) is 4.98 Å². The fraction of sp³-hybridized carbons (Fsp3) is 0.200. The normalized spacial score (nSPS) is 14.4. The predicted octanol–water partition coefficient (Wildman–Crippen LogP) is 3.46. The van der Waals surface area contributed by atoms with Crippen LogP contribution in [0, 0.1) is 5.82 Å². The number of hydrogen-bond acceptors (Lipinski definition) is 2. The summed E-state index contributed by atoms with van der Waals surface area (Å²) in [7, 11) is 0. The average Bonchev–Trinajstić information content (AvgIpc) is 3.23. The molecule has 3 nitrogen and oxygen atoms in total. The molecule has 2 aromatic rings. The van der Waals surface area contributed by atoms with Crippen molar-refractivity contribution in [3.05, 3.63) is 53.5 Å². The van der Waals surface area contributed by atoms with Crippen molar-refractivity contribution < 1.29 is 14.3 Å². The molecule has 0 amide bonds. The van der Waals surface area contributed by atoms with Gasteiger partial charge < -0.3 is 5.11 Å². The summed E-state index contributed by atoms with van der Waals surface area (Å²) in [5.41, 5.74) is 2.40. The van der Waals surface area contributed by atoms with E-state index in [9.17, 15) is 9.18 Å². The van der Waals surface area contributed by atoms with Gasteiger partial charge in [0.1, 0.15) is 5.82 Å². The zero-order chi connectivity index (χ0) is 13.4. The zero-order valence-electron chi connectivity index (χ0n) is 10.1. The summed E-state index contributed by atoms with van der Waals surface area (Å²) >= 11 is 0. The second-order valence-corrected chi connectivity index (χ2v) is 4.72. The van der Waals surface area contributed by atoms with Crippen molar-refractivity contribution in [2.75, 3.05) is 0 Å². The van der Waals surface area contributed by atoms with Crippen LogP contribution in [0.2, 0.25) is 0 Å².